The number of carbonyl (C=O) groups is 1. The first-order chi connectivity index (χ1) is 10.5. The van der Waals surface area contributed by atoms with Gasteiger partial charge >= 0.3 is 5.97 Å². The fraction of sp³-hybridized carbons (Fsp3) is 0.350. The first-order valence-electron chi connectivity index (χ1n) is 7.99. The number of ether oxygens (including phenoxy) is 1. The third-order valence-corrected chi connectivity index (χ3v) is 4.41. The molecule has 3 rings (SSSR count). The maximum absolute atomic E-state index is 12.3. The highest BCUT2D eigenvalue weighted by Gasteiger charge is 2.15. The molecule has 0 heterocycles. The highest BCUT2D eigenvalue weighted by Crippen LogP contribution is 2.27. The molecule has 0 spiro atoms. The zero-order valence-electron chi connectivity index (χ0n) is 13.5. The van der Waals surface area contributed by atoms with Crippen LogP contribution in [0.1, 0.15) is 58.8 Å². The highest BCUT2D eigenvalue weighted by molar-refractivity contribution is 5.91. The third-order valence-electron chi connectivity index (χ3n) is 4.41. The fourth-order valence-corrected chi connectivity index (χ4v) is 3.23. The van der Waals surface area contributed by atoms with Crippen LogP contribution in [0.5, 0.6) is 5.75 Å². The van der Waals surface area contributed by atoms with E-state index in [2.05, 4.69) is 19.9 Å². The van der Waals surface area contributed by atoms with Gasteiger partial charge in [0.15, 0.2) is 0 Å². The minimum Gasteiger partial charge on any atom is -0.423 e. The van der Waals surface area contributed by atoms with Gasteiger partial charge in [0.25, 0.3) is 0 Å². The van der Waals surface area contributed by atoms with E-state index in [4.69, 9.17) is 4.74 Å². The van der Waals surface area contributed by atoms with Gasteiger partial charge in [-0.3, -0.25) is 0 Å². The normalized spacial score (nSPS) is 13.3. The molecule has 0 radical (unpaired) electrons. The van der Waals surface area contributed by atoms with Crippen molar-refractivity contribution < 1.29 is 9.53 Å². The van der Waals surface area contributed by atoms with Gasteiger partial charge in [-0.15, -0.1) is 0 Å². The number of hydrogen-bond acceptors (Lipinski definition) is 2. The molecule has 2 heteroatoms. The Morgan fingerprint density at radius 3 is 2.55 bits per heavy atom. The lowest BCUT2D eigenvalue weighted by molar-refractivity contribution is 0.0734. The van der Waals surface area contributed by atoms with Gasteiger partial charge in [0.2, 0.25) is 0 Å². The number of carbonyl (C=O) groups excluding carboxylic acids is 1. The van der Waals surface area contributed by atoms with Crippen molar-refractivity contribution in [3.63, 3.8) is 0 Å². The van der Waals surface area contributed by atoms with Crippen molar-refractivity contribution in [1.82, 2.24) is 0 Å². The molecule has 2 aromatic rings. The van der Waals surface area contributed by atoms with Gasteiger partial charge in [-0.1, -0.05) is 26.0 Å². The second kappa shape index (κ2) is 5.96. The Hall–Kier alpha value is -2.09. The van der Waals surface area contributed by atoms with E-state index in [-0.39, 0.29) is 5.97 Å². The first kappa shape index (κ1) is 14.8. The van der Waals surface area contributed by atoms with E-state index in [0.29, 0.717) is 17.2 Å². The molecule has 0 N–H and O–H groups in total. The molecule has 0 saturated carbocycles. The van der Waals surface area contributed by atoms with E-state index in [1.54, 1.807) is 0 Å². The molecule has 2 aromatic carbocycles. The van der Waals surface area contributed by atoms with Crippen LogP contribution in [0.3, 0.4) is 0 Å². The van der Waals surface area contributed by atoms with Crippen LogP contribution in [0.25, 0.3) is 0 Å². The van der Waals surface area contributed by atoms with Crippen molar-refractivity contribution in [2.75, 3.05) is 0 Å². The molecule has 0 aliphatic heterocycles. The largest absolute Gasteiger partial charge is 0.423 e. The van der Waals surface area contributed by atoms with Crippen LogP contribution < -0.4 is 4.74 Å². The average molecular weight is 294 g/mol. The van der Waals surface area contributed by atoms with Crippen molar-refractivity contribution >= 4 is 5.97 Å². The summed E-state index contributed by atoms with van der Waals surface area (Å²) in [7, 11) is 0. The highest BCUT2D eigenvalue weighted by atomic mass is 16.5. The van der Waals surface area contributed by atoms with Gasteiger partial charge in [-0.2, -0.15) is 0 Å². The molecule has 2 nitrogen and oxygen atoms in total. The number of fused-ring (bicyclic) bond motifs is 1. The average Bonchev–Trinajstić information content (AvgIpc) is 2.94. The lowest BCUT2D eigenvalue weighted by atomic mass is 9.96. The van der Waals surface area contributed by atoms with E-state index in [1.807, 2.05) is 37.3 Å². The summed E-state index contributed by atoms with van der Waals surface area (Å²) in [5, 5.41) is 0. The van der Waals surface area contributed by atoms with Crippen LogP contribution in [0.15, 0.2) is 36.4 Å². The Morgan fingerprint density at radius 2 is 1.82 bits per heavy atom. The summed E-state index contributed by atoms with van der Waals surface area (Å²) in [6.45, 7) is 6.36. The molecule has 1 aliphatic rings. The second-order valence-corrected chi connectivity index (χ2v) is 6.40. The predicted molar refractivity (Wildman–Crippen MR) is 88.7 cm³/mol. The standard InChI is InChI=1S/C20H22O2/c1-13(2)19-10-8-17(11-14(19)3)20(21)22-18-9-7-15-5-4-6-16(15)12-18/h7-13H,4-6H2,1-3H3. The van der Waals surface area contributed by atoms with Crippen molar-refractivity contribution in [3.05, 3.63) is 64.2 Å². The molecule has 0 bridgehead atoms. The fourth-order valence-electron chi connectivity index (χ4n) is 3.23. The Bertz CT molecular complexity index is 714. The van der Waals surface area contributed by atoms with Gasteiger partial charge in [-0.25, -0.2) is 4.79 Å². The molecule has 114 valence electrons. The predicted octanol–water partition coefficient (Wildman–Crippen LogP) is 4.83. The van der Waals surface area contributed by atoms with Crippen LogP contribution in [0.4, 0.5) is 0 Å². The van der Waals surface area contributed by atoms with Gasteiger partial charge in [0, 0.05) is 0 Å². The molecule has 22 heavy (non-hydrogen) atoms. The minimum absolute atomic E-state index is 0.281. The molecular weight excluding hydrogens is 272 g/mol. The SMILES string of the molecule is Cc1cc(C(=O)Oc2ccc3c(c2)CCC3)ccc1C(C)C. The van der Waals surface area contributed by atoms with Gasteiger partial charge in [0.05, 0.1) is 5.56 Å². The van der Waals surface area contributed by atoms with Crippen molar-refractivity contribution in [1.29, 1.82) is 0 Å². The van der Waals surface area contributed by atoms with E-state index in [0.717, 1.165) is 18.4 Å². The number of hydrogen-bond donors (Lipinski definition) is 0. The zero-order chi connectivity index (χ0) is 15.7. The summed E-state index contributed by atoms with van der Waals surface area (Å²) in [4.78, 5) is 12.3. The molecule has 0 saturated heterocycles. The van der Waals surface area contributed by atoms with E-state index < -0.39 is 0 Å². The van der Waals surface area contributed by atoms with Gasteiger partial charge < -0.3 is 4.74 Å². The summed E-state index contributed by atoms with van der Waals surface area (Å²) in [5.41, 5.74) is 5.73. The Morgan fingerprint density at radius 1 is 1.05 bits per heavy atom. The summed E-state index contributed by atoms with van der Waals surface area (Å²) < 4.78 is 5.54. The lowest BCUT2D eigenvalue weighted by Crippen LogP contribution is -2.09. The van der Waals surface area contributed by atoms with Crippen LogP contribution >= 0.6 is 0 Å². The molecular formula is C20H22O2. The molecule has 0 amide bonds. The van der Waals surface area contributed by atoms with E-state index in [9.17, 15) is 4.79 Å². The maximum atomic E-state index is 12.3. The summed E-state index contributed by atoms with van der Waals surface area (Å²) in [6.07, 6.45) is 3.42. The van der Waals surface area contributed by atoms with Crippen LogP contribution in [0, 0.1) is 6.92 Å². The topological polar surface area (TPSA) is 26.3 Å². The smallest absolute Gasteiger partial charge is 0.343 e. The number of aryl methyl sites for hydroxylation is 3. The van der Waals surface area contributed by atoms with Gasteiger partial charge in [-0.05, 0) is 78.6 Å². The summed E-state index contributed by atoms with van der Waals surface area (Å²) >= 11 is 0. The molecule has 0 unspecified atom stereocenters. The monoisotopic (exact) mass is 294 g/mol. The molecule has 0 aromatic heterocycles. The third kappa shape index (κ3) is 2.92. The Balaban J connectivity index is 1.78. The van der Waals surface area contributed by atoms with Crippen molar-refractivity contribution in [2.24, 2.45) is 0 Å². The maximum Gasteiger partial charge on any atom is 0.343 e. The van der Waals surface area contributed by atoms with E-state index >= 15 is 0 Å². The number of rotatable bonds is 3. The van der Waals surface area contributed by atoms with Crippen LogP contribution in [0.2, 0.25) is 0 Å². The number of esters is 1. The quantitative estimate of drug-likeness (QED) is 0.599. The second-order valence-electron chi connectivity index (χ2n) is 6.40. The Labute approximate surface area is 132 Å². The number of benzene rings is 2. The van der Waals surface area contributed by atoms with Crippen LogP contribution in [-0.4, -0.2) is 5.97 Å². The minimum atomic E-state index is -0.281. The van der Waals surface area contributed by atoms with Gasteiger partial charge in [0.1, 0.15) is 5.75 Å². The summed E-state index contributed by atoms with van der Waals surface area (Å²) in [6, 6.07) is 11.8. The van der Waals surface area contributed by atoms with Crippen molar-refractivity contribution in [2.45, 2.75) is 46.0 Å². The van der Waals surface area contributed by atoms with Crippen LogP contribution in [-0.2, 0) is 12.8 Å². The molecule has 0 fully saturated rings. The van der Waals surface area contributed by atoms with E-state index in [1.165, 1.54) is 23.1 Å². The Kier molecular flexibility index (Phi) is 4.02. The molecule has 1 aliphatic carbocycles. The van der Waals surface area contributed by atoms with Crippen molar-refractivity contribution in [3.8, 4) is 5.75 Å². The molecule has 0 atom stereocenters. The zero-order valence-corrected chi connectivity index (χ0v) is 13.5. The first-order valence-corrected chi connectivity index (χ1v) is 7.99. The summed E-state index contributed by atoms with van der Waals surface area (Å²) in [5.74, 6) is 0.828. The lowest BCUT2D eigenvalue weighted by Gasteiger charge is -2.11.